The van der Waals surface area contributed by atoms with Gasteiger partial charge in [0.1, 0.15) is 6.54 Å². The molecular weight excluding hydrogens is 240 g/mol. The third-order valence-electron chi connectivity index (χ3n) is 3.02. The van der Waals surface area contributed by atoms with Crippen molar-refractivity contribution in [3.63, 3.8) is 0 Å². The monoisotopic (exact) mass is 256 g/mol. The Morgan fingerprint density at radius 1 is 1.65 bits per heavy atom. The average molecular weight is 256 g/mol. The Bertz CT molecular complexity index is 466. The Hall–Kier alpha value is -1.14. The van der Waals surface area contributed by atoms with E-state index in [1.807, 2.05) is 6.92 Å². The van der Waals surface area contributed by atoms with Crippen LogP contribution < -0.4 is 4.87 Å². The first-order valence-corrected chi connectivity index (χ1v) is 6.56. The van der Waals surface area contributed by atoms with E-state index in [0.717, 1.165) is 29.9 Å². The molecule has 1 aliphatic rings. The lowest BCUT2D eigenvalue weighted by molar-refractivity contribution is -0.134. The second kappa shape index (κ2) is 5.01. The standard InChI is InChI=1S/C11H16N2O3S/c1-8-7-17-11(16)13(8)6-10(15)12-4-2-3-9(14)5-12/h7,9,14H,2-6H2,1H3/t9-/m0/s1. The van der Waals surface area contributed by atoms with Crippen molar-refractivity contribution in [3.8, 4) is 0 Å². The van der Waals surface area contributed by atoms with Crippen molar-refractivity contribution in [2.75, 3.05) is 13.1 Å². The van der Waals surface area contributed by atoms with Gasteiger partial charge in [0, 0.05) is 24.2 Å². The van der Waals surface area contributed by atoms with Gasteiger partial charge in [-0.25, -0.2) is 0 Å². The molecule has 1 aromatic rings. The van der Waals surface area contributed by atoms with Crippen LogP contribution in [0.2, 0.25) is 0 Å². The van der Waals surface area contributed by atoms with Crippen LogP contribution in [-0.4, -0.2) is 39.7 Å². The molecule has 6 heteroatoms. The lowest BCUT2D eigenvalue weighted by atomic mass is 10.1. The molecule has 2 rings (SSSR count). The van der Waals surface area contributed by atoms with E-state index < -0.39 is 6.10 Å². The van der Waals surface area contributed by atoms with E-state index in [1.165, 1.54) is 4.57 Å². The molecule has 1 fully saturated rings. The fraction of sp³-hybridized carbons (Fsp3) is 0.636. The molecular formula is C11H16N2O3S. The lowest BCUT2D eigenvalue weighted by Crippen LogP contribution is -2.44. The fourth-order valence-electron chi connectivity index (χ4n) is 2.01. The van der Waals surface area contributed by atoms with Gasteiger partial charge in [-0.05, 0) is 19.8 Å². The SMILES string of the molecule is Cc1csc(=O)n1CC(=O)N1CCC[C@H](O)C1. The Labute approximate surface area is 103 Å². The number of aromatic nitrogens is 1. The minimum absolute atomic E-state index is 0.0842. The number of aliphatic hydroxyl groups is 1. The molecule has 0 aromatic carbocycles. The predicted octanol–water partition coefficient (Wildman–Crippen LogP) is 0.202. The Morgan fingerprint density at radius 2 is 2.41 bits per heavy atom. The van der Waals surface area contributed by atoms with E-state index in [1.54, 1.807) is 10.3 Å². The van der Waals surface area contributed by atoms with Gasteiger partial charge < -0.3 is 10.0 Å². The third-order valence-corrected chi connectivity index (χ3v) is 3.90. The van der Waals surface area contributed by atoms with Crippen LogP contribution in [0.5, 0.6) is 0 Å². The van der Waals surface area contributed by atoms with Crippen LogP contribution >= 0.6 is 11.3 Å². The largest absolute Gasteiger partial charge is 0.391 e. The van der Waals surface area contributed by atoms with Gasteiger partial charge in [0.15, 0.2) is 0 Å². The van der Waals surface area contributed by atoms with Crippen LogP contribution in [0.4, 0.5) is 0 Å². The summed E-state index contributed by atoms with van der Waals surface area (Å²) in [6.07, 6.45) is 1.15. The first kappa shape index (κ1) is 12.3. The lowest BCUT2D eigenvalue weighted by Gasteiger charge is -2.30. The summed E-state index contributed by atoms with van der Waals surface area (Å²) in [6, 6.07) is 0. The first-order chi connectivity index (χ1) is 8.08. The molecule has 1 amide bonds. The molecule has 0 aliphatic carbocycles. The minimum Gasteiger partial charge on any atom is -0.391 e. The van der Waals surface area contributed by atoms with E-state index in [0.29, 0.717) is 13.1 Å². The molecule has 5 nitrogen and oxygen atoms in total. The van der Waals surface area contributed by atoms with E-state index in [4.69, 9.17) is 0 Å². The number of thiazole rings is 1. The van der Waals surface area contributed by atoms with E-state index in [-0.39, 0.29) is 17.3 Å². The molecule has 94 valence electrons. The highest BCUT2D eigenvalue weighted by atomic mass is 32.1. The van der Waals surface area contributed by atoms with Crippen LogP contribution in [0, 0.1) is 6.92 Å². The summed E-state index contributed by atoms with van der Waals surface area (Å²) in [5.74, 6) is -0.0904. The average Bonchev–Trinajstić information content (AvgIpc) is 2.61. The highest BCUT2D eigenvalue weighted by molar-refractivity contribution is 7.07. The molecule has 17 heavy (non-hydrogen) atoms. The molecule has 0 bridgehead atoms. The number of hydrogen-bond donors (Lipinski definition) is 1. The summed E-state index contributed by atoms with van der Waals surface area (Å²) in [5.41, 5.74) is 0.811. The maximum Gasteiger partial charge on any atom is 0.307 e. The highest BCUT2D eigenvalue weighted by Crippen LogP contribution is 2.10. The topological polar surface area (TPSA) is 62.5 Å². The quantitative estimate of drug-likeness (QED) is 0.822. The minimum atomic E-state index is -0.423. The summed E-state index contributed by atoms with van der Waals surface area (Å²) < 4.78 is 1.48. The summed E-state index contributed by atoms with van der Waals surface area (Å²) in [7, 11) is 0. The van der Waals surface area contributed by atoms with Gasteiger partial charge in [-0.2, -0.15) is 0 Å². The van der Waals surface area contributed by atoms with Crippen molar-refractivity contribution in [2.24, 2.45) is 0 Å². The Morgan fingerprint density at radius 3 is 3.00 bits per heavy atom. The fourth-order valence-corrected chi connectivity index (χ4v) is 2.75. The van der Waals surface area contributed by atoms with Crippen LogP contribution in [0.3, 0.4) is 0 Å². The number of piperidine rings is 1. The molecule has 1 aromatic heterocycles. The van der Waals surface area contributed by atoms with Crippen molar-refractivity contribution in [1.29, 1.82) is 0 Å². The van der Waals surface area contributed by atoms with Gasteiger partial charge in [-0.15, -0.1) is 0 Å². The van der Waals surface area contributed by atoms with Gasteiger partial charge in [0.2, 0.25) is 5.91 Å². The normalized spacial score (nSPS) is 20.6. The van der Waals surface area contributed by atoms with Crippen LogP contribution in [-0.2, 0) is 11.3 Å². The second-order valence-electron chi connectivity index (χ2n) is 4.36. The number of hydrogen-bond acceptors (Lipinski definition) is 4. The molecule has 1 N–H and O–H groups in total. The van der Waals surface area contributed by atoms with Crippen LogP contribution in [0.25, 0.3) is 0 Å². The third kappa shape index (κ3) is 2.76. The number of carbonyl (C=O) groups is 1. The predicted molar refractivity (Wildman–Crippen MR) is 65.1 cm³/mol. The number of aryl methyl sites for hydroxylation is 1. The van der Waals surface area contributed by atoms with E-state index in [2.05, 4.69) is 0 Å². The summed E-state index contributed by atoms with van der Waals surface area (Å²) in [5, 5.41) is 11.3. The first-order valence-electron chi connectivity index (χ1n) is 5.68. The van der Waals surface area contributed by atoms with Gasteiger partial charge in [0.05, 0.1) is 6.10 Å². The molecule has 1 atom stereocenters. The van der Waals surface area contributed by atoms with Crippen molar-refractivity contribution in [3.05, 3.63) is 20.7 Å². The van der Waals surface area contributed by atoms with Crippen molar-refractivity contribution in [1.82, 2.24) is 9.47 Å². The molecule has 0 radical (unpaired) electrons. The number of likely N-dealkylation sites (tertiary alicyclic amines) is 1. The van der Waals surface area contributed by atoms with E-state index in [9.17, 15) is 14.7 Å². The summed E-state index contributed by atoms with van der Waals surface area (Å²) in [6.45, 7) is 2.96. The van der Waals surface area contributed by atoms with Crippen LogP contribution in [0.1, 0.15) is 18.5 Å². The molecule has 1 saturated heterocycles. The number of amides is 1. The number of aliphatic hydroxyl groups excluding tert-OH is 1. The van der Waals surface area contributed by atoms with E-state index >= 15 is 0 Å². The van der Waals surface area contributed by atoms with Crippen LogP contribution in [0.15, 0.2) is 10.2 Å². The zero-order valence-corrected chi connectivity index (χ0v) is 10.6. The maximum absolute atomic E-state index is 12.0. The second-order valence-corrected chi connectivity index (χ2v) is 5.19. The maximum atomic E-state index is 12.0. The zero-order chi connectivity index (χ0) is 12.4. The van der Waals surface area contributed by atoms with Gasteiger partial charge >= 0.3 is 4.87 Å². The van der Waals surface area contributed by atoms with Gasteiger partial charge in [0.25, 0.3) is 0 Å². The van der Waals surface area contributed by atoms with Gasteiger partial charge in [-0.3, -0.25) is 14.2 Å². The number of carbonyl (C=O) groups excluding carboxylic acids is 1. The Balaban J connectivity index is 2.04. The summed E-state index contributed by atoms with van der Waals surface area (Å²) in [4.78, 5) is 25.0. The highest BCUT2D eigenvalue weighted by Gasteiger charge is 2.22. The smallest absolute Gasteiger partial charge is 0.307 e. The van der Waals surface area contributed by atoms with Crippen molar-refractivity contribution in [2.45, 2.75) is 32.4 Å². The number of β-amino-alcohol motifs (C(OH)–C–C–N with tert-alkyl or cyclic N) is 1. The Kier molecular flexibility index (Phi) is 3.63. The molecule has 0 unspecified atom stereocenters. The number of rotatable bonds is 2. The molecule has 2 heterocycles. The number of nitrogens with zero attached hydrogens (tertiary/aromatic N) is 2. The summed E-state index contributed by atoms with van der Waals surface area (Å²) >= 11 is 1.11. The molecule has 1 aliphatic heterocycles. The molecule has 0 spiro atoms. The van der Waals surface area contributed by atoms with Crippen molar-refractivity contribution < 1.29 is 9.90 Å². The van der Waals surface area contributed by atoms with Gasteiger partial charge in [-0.1, -0.05) is 11.3 Å². The zero-order valence-electron chi connectivity index (χ0n) is 9.76. The van der Waals surface area contributed by atoms with Crippen molar-refractivity contribution >= 4 is 17.2 Å². The molecule has 0 saturated carbocycles.